The van der Waals surface area contributed by atoms with Crippen LogP contribution in [0.3, 0.4) is 0 Å². The van der Waals surface area contributed by atoms with Gasteiger partial charge in [-0.15, -0.1) is 9.73 Å². The highest BCUT2D eigenvalue weighted by molar-refractivity contribution is 6.09. The highest BCUT2D eigenvalue weighted by atomic mass is 16.5. The van der Waals surface area contributed by atoms with Crippen molar-refractivity contribution >= 4 is 11.3 Å². The maximum absolute atomic E-state index is 12.0. The SMILES string of the molecule is CCOc1ccc2c(C(=O)/C=C/N(C)C)cnn2n1. The van der Waals surface area contributed by atoms with E-state index >= 15 is 0 Å². The van der Waals surface area contributed by atoms with Crippen LogP contribution in [-0.2, 0) is 0 Å². The molecule has 2 heterocycles. The Hall–Kier alpha value is -2.37. The van der Waals surface area contributed by atoms with Gasteiger partial charge in [0, 0.05) is 32.4 Å². The van der Waals surface area contributed by atoms with Crippen molar-refractivity contribution in [2.24, 2.45) is 0 Å². The second-order valence-electron chi connectivity index (χ2n) is 4.18. The number of carbonyl (C=O) groups is 1. The van der Waals surface area contributed by atoms with E-state index in [-0.39, 0.29) is 5.78 Å². The van der Waals surface area contributed by atoms with E-state index < -0.39 is 0 Å². The van der Waals surface area contributed by atoms with Gasteiger partial charge in [-0.05, 0) is 13.0 Å². The summed E-state index contributed by atoms with van der Waals surface area (Å²) in [5.41, 5.74) is 1.19. The van der Waals surface area contributed by atoms with Gasteiger partial charge in [0.05, 0.1) is 23.9 Å². The van der Waals surface area contributed by atoms with Gasteiger partial charge in [0.2, 0.25) is 5.88 Å². The quantitative estimate of drug-likeness (QED) is 0.600. The predicted octanol–water partition coefficient (Wildman–Crippen LogP) is 1.39. The molecular formula is C13H16N4O2. The van der Waals surface area contributed by atoms with Crippen LogP contribution in [0, 0.1) is 0 Å². The lowest BCUT2D eigenvalue weighted by Crippen LogP contribution is -2.03. The average Bonchev–Trinajstić information content (AvgIpc) is 2.79. The van der Waals surface area contributed by atoms with Crippen LogP contribution in [0.2, 0.25) is 0 Å². The molecule has 6 heteroatoms. The Balaban J connectivity index is 2.33. The highest BCUT2D eigenvalue weighted by Crippen LogP contribution is 2.14. The first-order chi connectivity index (χ1) is 9.11. The summed E-state index contributed by atoms with van der Waals surface area (Å²) in [7, 11) is 3.71. The fourth-order valence-corrected chi connectivity index (χ4v) is 1.58. The van der Waals surface area contributed by atoms with Gasteiger partial charge in [0.1, 0.15) is 0 Å². The van der Waals surface area contributed by atoms with Crippen LogP contribution >= 0.6 is 0 Å². The number of hydrogen-bond acceptors (Lipinski definition) is 5. The highest BCUT2D eigenvalue weighted by Gasteiger charge is 2.11. The van der Waals surface area contributed by atoms with Gasteiger partial charge < -0.3 is 9.64 Å². The standard InChI is InChI=1S/C13H16N4O2/c1-4-19-13-6-5-11-10(9-14-17(11)15-13)12(18)7-8-16(2)3/h5-9H,4H2,1-3H3/b8-7+. The van der Waals surface area contributed by atoms with Crippen molar-refractivity contribution < 1.29 is 9.53 Å². The molecule has 0 radical (unpaired) electrons. The number of rotatable bonds is 5. The molecule has 0 aliphatic heterocycles. The summed E-state index contributed by atoms with van der Waals surface area (Å²) in [6.45, 7) is 2.42. The molecule has 0 bridgehead atoms. The molecule has 0 spiro atoms. The Kier molecular flexibility index (Phi) is 3.79. The summed E-state index contributed by atoms with van der Waals surface area (Å²) in [5, 5.41) is 8.23. The number of nitrogens with zero attached hydrogens (tertiary/aromatic N) is 4. The first kappa shape index (κ1) is 13.1. The Morgan fingerprint density at radius 2 is 2.26 bits per heavy atom. The monoisotopic (exact) mass is 260 g/mol. The molecular weight excluding hydrogens is 244 g/mol. The van der Waals surface area contributed by atoms with Crippen molar-refractivity contribution in [1.82, 2.24) is 19.7 Å². The van der Waals surface area contributed by atoms with Gasteiger partial charge in [0.25, 0.3) is 0 Å². The third kappa shape index (κ3) is 2.90. The molecule has 100 valence electrons. The average molecular weight is 260 g/mol. The number of carbonyl (C=O) groups excluding carboxylic acids is 1. The number of fused-ring (bicyclic) bond motifs is 1. The number of hydrogen-bond donors (Lipinski definition) is 0. The molecule has 2 aromatic heterocycles. The van der Waals surface area contributed by atoms with E-state index in [9.17, 15) is 4.79 Å². The van der Waals surface area contributed by atoms with Crippen LogP contribution in [0.4, 0.5) is 0 Å². The van der Waals surface area contributed by atoms with Gasteiger partial charge in [-0.25, -0.2) is 0 Å². The molecule has 0 unspecified atom stereocenters. The van der Waals surface area contributed by atoms with Crippen LogP contribution in [0.25, 0.3) is 5.52 Å². The predicted molar refractivity (Wildman–Crippen MR) is 71.3 cm³/mol. The van der Waals surface area contributed by atoms with E-state index in [1.807, 2.05) is 21.0 Å². The minimum atomic E-state index is -0.102. The number of aromatic nitrogens is 3. The summed E-state index contributed by atoms with van der Waals surface area (Å²) >= 11 is 0. The summed E-state index contributed by atoms with van der Waals surface area (Å²) in [5.74, 6) is 0.385. The van der Waals surface area contributed by atoms with Crippen molar-refractivity contribution in [3.8, 4) is 5.88 Å². The molecule has 0 saturated carbocycles. The maximum atomic E-state index is 12.0. The maximum Gasteiger partial charge on any atom is 0.233 e. The summed E-state index contributed by atoms with van der Waals surface area (Å²) in [6, 6.07) is 3.51. The van der Waals surface area contributed by atoms with Gasteiger partial charge in [-0.1, -0.05) is 0 Å². The fraction of sp³-hybridized carbons (Fsp3) is 0.308. The lowest BCUT2D eigenvalue weighted by atomic mass is 10.2. The van der Waals surface area contributed by atoms with Crippen LogP contribution in [0.5, 0.6) is 5.88 Å². The molecule has 0 fully saturated rings. The van der Waals surface area contributed by atoms with Gasteiger partial charge in [0.15, 0.2) is 5.78 Å². The Morgan fingerprint density at radius 3 is 2.95 bits per heavy atom. The first-order valence-corrected chi connectivity index (χ1v) is 5.98. The molecule has 0 atom stereocenters. The van der Waals surface area contributed by atoms with E-state index in [0.717, 1.165) is 0 Å². The Morgan fingerprint density at radius 1 is 1.47 bits per heavy atom. The summed E-state index contributed by atoms with van der Waals surface area (Å²) < 4.78 is 6.69. The molecule has 0 saturated heterocycles. The zero-order valence-electron chi connectivity index (χ0n) is 11.2. The minimum Gasteiger partial charge on any atom is -0.477 e. The van der Waals surface area contributed by atoms with Crippen molar-refractivity contribution in [1.29, 1.82) is 0 Å². The zero-order valence-corrected chi connectivity index (χ0v) is 11.2. The smallest absolute Gasteiger partial charge is 0.233 e. The normalized spacial score (nSPS) is 11.1. The summed E-state index contributed by atoms with van der Waals surface area (Å²) in [4.78, 5) is 13.8. The van der Waals surface area contributed by atoms with E-state index in [2.05, 4.69) is 10.2 Å². The number of ether oxygens (including phenoxy) is 1. The molecule has 6 nitrogen and oxygen atoms in total. The lowest BCUT2D eigenvalue weighted by molar-refractivity contribution is 0.104. The Bertz CT molecular complexity index is 616. The molecule has 0 aliphatic carbocycles. The summed E-state index contributed by atoms with van der Waals surface area (Å²) in [6.07, 6.45) is 4.72. The number of ketones is 1. The van der Waals surface area contributed by atoms with Crippen LogP contribution in [0.1, 0.15) is 17.3 Å². The molecule has 0 aromatic carbocycles. The minimum absolute atomic E-state index is 0.102. The van der Waals surface area contributed by atoms with Gasteiger partial charge in [-0.3, -0.25) is 4.79 Å². The topological polar surface area (TPSA) is 59.7 Å². The molecule has 2 aromatic rings. The third-order valence-corrected chi connectivity index (χ3v) is 2.45. The molecule has 0 amide bonds. The van der Waals surface area contributed by atoms with Gasteiger partial charge in [-0.2, -0.15) is 5.10 Å². The van der Waals surface area contributed by atoms with E-state index in [0.29, 0.717) is 23.6 Å². The van der Waals surface area contributed by atoms with Crippen LogP contribution in [-0.4, -0.2) is 46.2 Å². The largest absolute Gasteiger partial charge is 0.477 e. The zero-order chi connectivity index (χ0) is 13.8. The van der Waals surface area contributed by atoms with Crippen LogP contribution in [0.15, 0.2) is 30.6 Å². The van der Waals surface area contributed by atoms with Crippen molar-refractivity contribution in [3.63, 3.8) is 0 Å². The molecule has 0 N–H and O–H groups in total. The van der Waals surface area contributed by atoms with Crippen molar-refractivity contribution in [2.75, 3.05) is 20.7 Å². The lowest BCUT2D eigenvalue weighted by Gasteiger charge is -2.03. The molecule has 0 aliphatic rings. The second kappa shape index (κ2) is 5.51. The van der Waals surface area contributed by atoms with Crippen molar-refractivity contribution in [2.45, 2.75) is 6.92 Å². The Labute approximate surface area is 111 Å². The van der Waals surface area contributed by atoms with Crippen LogP contribution < -0.4 is 4.74 Å². The first-order valence-electron chi connectivity index (χ1n) is 5.98. The second-order valence-corrected chi connectivity index (χ2v) is 4.18. The van der Waals surface area contributed by atoms with Crippen molar-refractivity contribution in [3.05, 3.63) is 36.2 Å². The molecule has 2 rings (SSSR count). The fourth-order valence-electron chi connectivity index (χ4n) is 1.58. The third-order valence-electron chi connectivity index (χ3n) is 2.45. The van der Waals surface area contributed by atoms with E-state index in [1.54, 1.807) is 23.2 Å². The van der Waals surface area contributed by atoms with Gasteiger partial charge >= 0.3 is 0 Å². The number of allylic oxidation sites excluding steroid dienone is 1. The van der Waals surface area contributed by atoms with E-state index in [1.165, 1.54) is 16.9 Å². The van der Waals surface area contributed by atoms with E-state index in [4.69, 9.17) is 4.74 Å². The molecule has 19 heavy (non-hydrogen) atoms.